The van der Waals surface area contributed by atoms with Crippen molar-refractivity contribution in [1.29, 1.82) is 0 Å². The van der Waals surface area contributed by atoms with Gasteiger partial charge in [-0.05, 0) is 93.0 Å². The number of hydrogen-bond acceptors (Lipinski definition) is 1. The van der Waals surface area contributed by atoms with Gasteiger partial charge in [-0.2, -0.15) is 0 Å². The van der Waals surface area contributed by atoms with Crippen molar-refractivity contribution in [3.8, 4) is 61.3 Å². The first-order chi connectivity index (χ1) is 30.8. The molecule has 10 aromatic carbocycles. The maximum Gasteiger partial charge on any atom is 0.0562 e. The Morgan fingerprint density at radius 3 is 1.42 bits per heavy atom. The van der Waals surface area contributed by atoms with Crippen LogP contribution in [0.5, 0.6) is 0 Å². The summed E-state index contributed by atoms with van der Waals surface area (Å²) in [6.45, 7) is 0. The van der Waals surface area contributed by atoms with Crippen LogP contribution in [0.1, 0.15) is 0 Å². The summed E-state index contributed by atoms with van der Waals surface area (Å²) in [5.41, 5.74) is 18.5. The van der Waals surface area contributed by atoms with Crippen molar-refractivity contribution >= 4 is 38.9 Å². The molecule has 11 rings (SSSR count). The predicted octanol–water partition coefficient (Wildman–Crippen LogP) is 16.6. The largest absolute Gasteiger partial charge is 0.309 e. The van der Waals surface area contributed by atoms with Crippen molar-refractivity contribution in [3.63, 3.8) is 0 Å². The molecule has 1 heterocycles. The molecule has 0 fully saturated rings. The molecule has 0 unspecified atom stereocenters. The van der Waals surface area contributed by atoms with Crippen molar-refractivity contribution in [3.05, 3.63) is 255 Å². The molecule has 0 aliphatic heterocycles. The van der Waals surface area contributed by atoms with E-state index in [1.165, 1.54) is 44.2 Å². The number of fused-ring (bicyclic) bond motifs is 3. The molecule has 0 aliphatic carbocycles. The molecule has 0 bridgehead atoms. The molecule has 0 amide bonds. The fourth-order valence-corrected chi connectivity index (χ4v) is 9.19. The van der Waals surface area contributed by atoms with Gasteiger partial charge in [0, 0.05) is 27.6 Å². The SMILES string of the molecule is c1ccc(-c2ccc(N(c3ccccc3-c3ccccc3)c3cccc4c3c3ccccc3n4-c3cccc(-c4ccccc4-c4ccccc4)c3)c(-c3ccccc3)c2)cc1. The van der Waals surface area contributed by atoms with E-state index in [2.05, 4.69) is 264 Å². The van der Waals surface area contributed by atoms with Crippen LogP contribution in [0, 0.1) is 0 Å². The number of hydrogen-bond donors (Lipinski definition) is 0. The van der Waals surface area contributed by atoms with Crippen molar-refractivity contribution < 1.29 is 0 Å². The van der Waals surface area contributed by atoms with Gasteiger partial charge in [0.15, 0.2) is 0 Å². The predicted molar refractivity (Wildman–Crippen MR) is 263 cm³/mol. The van der Waals surface area contributed by atoms with Gasteiger partial charge in [-0.1, -0.05) is 206 Å². The maximum atomic E-state index is 2.51. The number of anilines is 3. The summed E-state index contributed by atoms with van der Waals surface area (Å²) in [6.07, 6.45) is 0. The zero-order chi connectivity index (χ0) is 41.2. The van der Waals surface area contributed by atoms with Crippen LogP contribution < -0.4 is 4.90 Å². The summed E-state index contributed by atoms with van der Waals surface area (Å²) in [6, 6.07) is 92.2. The lowest BCUT2D eigenvalue weighted by Gasteiger charge is -2.31. The van der Waals surface area contributed by atoms with E-state index >= 15 is 0 Å². The standard InChI is InChI=1S/C60H42N2/c1-5-21-43(22-6-1)47-39-40-57(54(42-47)46-27-11-4-12-28-46)62(55-35-17-15-33-52(55)45-25-9-3-10-26-45)59-38-20-37-58-60(59)53-34-16-18-36-56(53)61(58)49-30-19-29-48(41-49)51-32-14-13-31-50(51)44-23-7-2-8-24-44/h1-42H. The summed E-state index contributed by atoms with van der Waals surface area (Å²) in [5, 5.41) is 2.38. The van der Waals surface area contributed by atoms with Crippen LogP contribution in [0.2, 0.25) is 0 Å². The minimum absolute atomic E-state index is 1.10. The Morgan fingerprint density at radius 2 is 0.726 bits per heavy atom. The second-order valence-corrected chi connectivity index (χ2v) is 15.7. The Balaban J connectivity index is 1.18. The minimum atomic E-state index is 1.10. The van der Waals surface area contributed by atoms with Crippen molar-refractivity contribution in [1.82, 2.24) is 4.57 Å². The topological polar surface area (TPSA) is 8.17 Å². The lowest BCUT2D eigenvalue weighted by molar-refractivity contribution is 1.18. The molecular weight excluding hydrogens is 749 g/mol. The van der Waals surface area contributed by atoms with E-state index in [1.54, 1.807) is 0 Å². The van der Waals surface area contributed by atoms with Gasteiger partial charge >= 0.3 is 0 Å². The van der Waals surface area contributed by atoms with Crippen LogP contribution in [0.3, 0.4) is 0 Å². The molecule has 0 N–H and O–H groups in total. The molecule has 0 atom stereocenters. The summed E-state index contributed by atoms with van der Waals surface area (Å²) >= 11 is 0. The van der Waals surface area contributed by atoms with E-state index in [0.29, 0.717) is 0 Å². The van der Waals surface area contributed by atoms with Crippen LogP contribution >= 0.6 is 0 Å². The Hall–Kier alpha value is -8.20. The fourth-order valence-electron chi connectivity index (χ4n) is 9.19. The first-order valence-corrected chi connectivity index (χ1v) is 21.3. The van der Waals surface area contributed by atoms with Crippen LogP contribution in [0.15, 0.2) is 255 Å². The van der Waals surface area contributed by atoms with E-state index in [4.69, 9.17) is 0 Å². The average molecular weight is 791 g/mol. The molecule has 62 heavy (non-hydrogen) atoms. The molecular formula is C60H42N2. The summed E-state index contributed by atoms with van der Waals surface area (Å²) in [7, 11) is 0. The van der Waals surface area contributed by atoms with Crippen LogP contribution in [-0.4, -0.2) is 4.57 Å². The molecule has 0 saturated carbocycles. The smallest absolute Gasteiger partial charge is 0.0562 e. The maximum absolute atomic E-state index is 2.51. The monoisotopic (exact) mass is 790 g/mol. The van der Waals surface area contributed by atoms with Gasteiger partial charge in [0.25, 0.3) is 0 Å². The van der Waals surface area contributed by atoms with E-state index in [-0.39, 0.29) is 0 Å². The zero-order valence-electron chi connectivity index (χ0n) is 34.1. The first-order valence-electron chi connectivity index (χ1n) is 21.3. The second kappa shape index (κ2) is 16.1. The Labute approximate surface area is 362 Å². The molecule has 1 aromatic heterocycles. The highest BCUT2D eigenvalue weighted by atomic mass is 15.2. The number of para-hydroxylation sites is 2. The highest BCUT2D eigenvalue weighted by molar-refractivity contribution is 6.17. The van der Waals surface area contributed by atoms with Gasteiger partial charge in [0.1, 0.15) is 0 Å². The molecule has 0 spiro atoms. The van der Waals surface area contributed by atoms with E-state index < -0.39 is 0 Å². The fraction of sp³-hybridized carbons (Fsp3) is 0. The Kier molecular flexibility index (Phi) is 9.57. The third kappa shape index (κ3) is 6.65. The highest BCUT2D eigenvalue weighted by Gasteiger charge is 2.25. The van der Waals surface area contributed by atoms with Crippen LogP contribution in [0.4, 0.5) is 17.1 Å². The lowest BCUT2D eigenvalue weighted by atomic mass is 9.94. The minimum Gasteiger partial charge on any atom is -0.309 e. The molecule has 0 aliphatic rings. The molecule has 0 radical (unpaired) electrons. The van der Waals surface area contributed by atoms with E-state index in [0.717, 1.165) is 56.0 Å². The number of rotatable bonds is 9. The molecule has 2 nitrogen and oxygen atoms in total. The van der Waals surface area contributed by atoms with Crippen molar-refractivity contribution in [2.24, 2.45) is 0 Å². The highest BCUT2D eigenvalue weighted by Crippen LogP contribution is 2.49. The quantitative estimate of drug-likeness (QED) is 0.141. The normalized spacial score (nSPS) is 11.2. The van der Waals surface area contributed by atoms with E-state index in [1.807, 2.05) is 0 Å². The van der Waals surface area contributed by atoms with Gasteiger partial charge < -0.3 is 9.47 Å². The lowest BCUT2D eigenvalue weighted by Crippen LogP contribution is -2.13. The van der Waals surface area contributed by atoms with Gasteiger partial charge in [-0.25, -0.2) is 0 Å². The van der Waals surface area contributed by atoms with Crippen molar-refractivity contribution in [2.75, 3.05) is 4.90 Å². The van der Waals surface area contributed by atoms with Crippen LogP contribution in [-0.2, 0) is 0 Å². The molecule has 292 valence electrons. The Bertz CT molecular complexity index is 3330. The number of benzene rings is 10. The Morgan fingerprint density at radius 1 is 0.258 bits per heavy atom. The van der Waals surface area contributed by atoms with Gasteiger partial charge in [-0.3, -0.25) is 0 Å². The molecule has 2 heteroatoms. The number of aromatic nitrogens is 1. The third-order valence-electron chi connectivity index (χ3n) is 12.0. The summed E-state index contributed by atoms with van der Waals surface area (Å²) < 4.78 is 2.45. The van der Waals surface area contributed by atoms with Gasteiger partial charge in [0.05, 0.1) is 28.1 Å². The zero-order valence-corrected chi connectivity index (χ0v) is 34.1. The second-order valence-electron chi connectivity index (χ2n) is 15.7. The third-order valence-corrected chi connectivity index (χ3v) is 12.0. The van der Waals surface area contributed by atoms with Crippen molar-refractivity contribution in [2.45, 2.75) is 0 Å². The summed E-state index contributed by atoms with van der Waals surface area (Å²) in [5.74, 6) is 0. The first kappa shape index (κ1) is 36.8. The molecule has 0 saturated heterocycles. The summed E-state index contributed by atoms with van der Waals surface area (Å²) in [4.78, 5) is 2.51. The average Bonchev–Trinajstić information content (AvgIpc) is 3.70. The van der Waals surface area contributed by atoms with Gasteiger partial charge in [-0.15, -0.1) is 0 Å². The van der Waals surface area contributed by atoms with Crippen LogP contribution in [0.25, 0.3) is 83.1 Å². The molecule has 11 aromatic rings. The van der Waals surface area contributed by atoms with E-state index in [9.17, 15) is 0 Å². The van der Waals surface area contributed by atoms with Gasteiger partial charge in [0.2, 0.25) is 0 Å². The number of nitrogens with zero attached hydrogens (tertiary/aromatic N) is 2.